The molecule has 0 aliphatic heterocycles. The van der Waals surface area contributed by atoms with Crippen molar-refractivity contribution in [1.29, 1.82) is 0 Å². The molecule has 1 unspecified atom stereocenters. The summed E-state index contributed by atoms with van der Waals surface area (Å²) >= 11 is 0. The molecule has 0 bridgehead atoms. The Kier molecular flexibility index (Phi) is 5.60. The minimum absolute atomic E-state index is 0. The quantitative estimate of drug-likeness (QED) is 0.359. The number of carboxylic acid groups (broad SMARTS) is 1. The van der Waals surface area contributed by atoms with Gasteiger partial charge in [-0.3, -0.25) is 0 Å². The van der Waals surface area contributed by atoms with E-state index in [-0.39, 0.29) is 29.6 Å². The van der Waals surface area contributed by atoms with Crippen molar-refractivity contribution in [1.82, 2.24) is 0 Å². The Balaban J connectivity index is 0. The maximum atomic E-state index is 9.94. The second kappa shape index (κ2) is 4.31. The summed E-state index contributed by atoms with van der Waals surface area (Å²) in [5.74, 6) is -1.41. The van der Waals surface area contributed by atoms with E-state index in [2.05, 4.69) is 0 Å². The van der Waals surface area contributed by atoms with Crippen molar-refractivity contribution in [2.75, 3.05) is 0 Å². The Morgan fingerprint density at radius 2 is 1.80 bits per heavy atom. The van der Waals surface area contributed by atoms with E-state index >= 15 is 0 Å². The third-order valence-electron chi connectivity index (χ3n) is 0.903. The standard InChI is InChI=1S/C5H10O4.Na/c1-5(2,9)3(6)4(7)8;/h3,6,9H,1-2H3,(H,7,8);/q;+1. The van der Waals surface area contributed by atoms with Crippen LogP contribution in [0.3, 0.4) is 0 Å². The van der Waals surface area contributed by atoms with E-state index in [1.807, 2.05) is 0 Å². The zero-order valence-electron chi connectivity index (χ0n) is 6.33. The van der Waals surface area contributed by atoms with Crippen LogP contribution in [0.15, 0.2) is 0 Å². The fourth-order valence-corrected chi connectivity index (χ4v) is 0.302. The van der Waals surface area contributed by atoms with Gasteiger partial charge in [0.05, 0.1) is 5.60 Å². The molecule has 3 N–H and O–H groups in total. The van der Waals surface area contributed by atoms with Crippen LogP contribution in [0.5, 0.6) is 0 Å². The van der Waals surface area contributed by atoms with Crippen LogP contribution in [-0.4, -0.2) is 33.0 Å². The van der Waals surface area contributed by atoms with E-state index < -0.39 is 17.7 Å². The van der Waals surface area contributed by atoms with Crippen LogP contribution in [0.1, 0.15) is 13.8 Å². The van der Waals surface area contributed by atoms with Gasteiger partial charge in [-0.25, -0.2) is 4.79 Å². The topological polar surface area (TPSA) is 77.8 Å². The van der Waals surface area contributed by atoms with Crippen molar-refractivity contribution in [3.05, 3.63) is 0 Å². The first-order valence-corrected chi connectivity index (χ1v) is 2.49. The number of carbonyl (C=O) groups is 1. The predicted molar refractivity (Wildman–Crippen MR) is 29.9 cm³/mol. The average Bonchev–Trinajstić information content (AvgIpc) is 1.62. The molecule has 0 heterocycles. The Morgan fingerprint density at radius 1 is 1.50 bits per heavy atom. The minimum Gasteiger partial charge on any atom is -0.479 e. The number of aliphatic hydroxyl groups excluding tert-OH is 1. The summed E-state index contributed by atoms with van der Waals surface area (Å²) in [6.07, 6.45) is -1.71. The van der Waals surface area contributed by atoms with Crippen molar-refractivity contribution in [3.8, 4) is 0 Å². The number of aliphatic carboxylic acids is 1. The molecule has 0 aromatic rings. The maximum Gasteiger partial charge on any atom is 1.00 e. The van der Waals surface area contributed by atoms with Crippen LogP contribution in [0.25, 0.3) is 0 Å². The van der Waals surface area contributed by atoms with Gasteiger partial charge in [0, 0.05) is 0 Å². The van der Waals surface area contributed by atoms with Crippen LogP contribution < -0.4 is 29.6 Å². The van der Waals surface area contributed by atoms with Gasteiger partial charge in [0.25, 0.3) is 0 Å². The molecule has 0 saturated carbocycles. The SMILES string of the molecule is CC(C)(O)C(O)C(=O)O.[Na+]. The molecule has 0 aromatic carbocycles. The number of rotatable bonds is 2. The van der Waals surface area contributed by atoms with Crippen LogP contribution in [0.2, 0.25) is 0 Å². The Morgan fingerprint density at radius 3 is 1.80 bits per heavy atom. The third kappa shape index (κ3) is 4.24. The predicted octanol–water partition coefficient (Wildman–Crippen LogP) is -3.79. The molecule has 0 aromatic heterocycles. The molecule has 0 amide bonds. The monoisotopic (exact) mass is 157 g/mol. The minimum atomic E-state index is -1.71. The van der Waals surface area contributed by atoms with Gasteiger partial charge in [-0.1, -0.05) is 0 Å². The normalized spacial score (nSPS) is 13.6. The van der Waals surface area contributed by atoms with E-state index in [0.717, 1.165) is 0 Å². The molecule has 0 aliphatic carbocycles. The van der Waals surface area contributed by atoms with Gasteiger partial charge in [-0.15, -0.1) is 0 Å². The van der Waals surface area contributed by atoms with Crippen molar-refractivity contribution in [2.24, 2.45) is 0 Å². The van der Waals surface area contributed by atoms with E-state index in [9.17, 15) is 4.79 Å². The van der Waals surface area contributed by atoms with Gasteiger partial charge in [0.15, 0.2) is 6.10 Å². The molecular formula is C5H10NaO4+. The third-order valence-corrected chi connectivity index (χ3v) is 0.903. The largest absolute Gasteiger partial charge is 1.00 e. The Hall–Kier alpha value is 0.390. The zero-order chi connectivity index (χ0) is 7.65. The van der Waals surface area contributed by atoms with Gasteiger partial charge in [-0.2, -0.15) is 0 Å². The summed E-state index contributed by atoms with van der Waals surface area (Å²) in [5, 5.41) is 25.5. The Labute approximate surface area is 81.2 Å². The summed E-state index contributed by atoms with van der Waals surface area (Å²) in [5.41, 5.74) is -1.56. The van der Waals surface area contributed by atoms with Crippen LogP contribution in [0.4, 0.5) is 0 Å². The first-order chi connectivity index (χ1) is 3.85. The van der Waals surface area contributed by atoms with Crippen molar-refractivity contribution < 1.29 is 49.7 Å². The summed E-state index contributed by atoms with van der Waals surface area (Å²) < 4.78 is 0. The molecule has 1 atom stereocenters. The van der Waals surface area contributed by atoms with E-state index in [1.165, 1.54) is 13.8 Å². The molecule has 0 rings (SSSR count). The summed E-state index contributed by atoms with van der Waals surface area (Å²) in [6, 6.07) is 0. The van der Waals surface area contributed by atoms with Gasteiger partial charge in [-0.05, 0) is 13.8 Å². The molecule has 5 heteroatoms. The van der Waals surface area contributed by atoms with Gasteiger partial charge >= 0.3 is 35.5 Å². The molecule has 0 saturated heterocycles. The number of hydrogen-bond acceptors (Lipinski definition) is 3. The molecule has 4 nitrogen and oxygen atoms in total. The Bertz CT molecular complexity index is 117. The van der Waals surface area contributed by atoms with E-state index in [4.69, 9.17) is 15.3 Å². The number of hydrogen-bond donors (Lipinski definition) is 3. The number of aliphatic hydroxyl groups is 2. The smallest absolute Gasteiger partial charge is 0.479 e. The summed E-state index contributed by atoms with van der Waals surface area (Å²) in [7, 11) is 0. The molecule has 0 fully saturated rings. The second-order valence-corrected chi connectivity index (χ2v) is 2.39. The second-order valence-electron chi connectivity index (χ2n) is 2.39. The van der Waals surface area contributed by atoms with Gasteiger partial charge in [0.2, 0.25) is 0 Å². The van der Waals surface area contributed by atoms with Crippen LogP contribution >= 0.6 is 0 Å². The summed E-state index contributed by atoms with van der Waals surface area (Å²) in [4.78, 5) is 9.94. The van der Waals surface area contributed by atoms with Crippen molar-refractivity contribution in [3.63, 3.8) is 0 Å². The van der Waals surface area contributed by atoms with Crippen LogP contribution in [0, 0.1) is 0 Å². The fraction of sp³-hybridized carbons (Fsp3) is 0.800. The number of carboxylic acids is 1. The van der Waals surface area contributed by atoms with E-state index in [0.29, 0.717) is 0 Å². The van der Waals surface area contributed by atoms with Crippen LogP contribution in [-0.2, 0) is 4.79 Å². The molecule has 0 radical (unpaired) electrons. The first kappa shape index (κ1) is 13.0. The van der Waals surface area contributed by atoms with Crippen molar-refractivity contribution in [2.45, 2.75) is 25.6 Å². The molecular weight excluding hydrogens is 147 g/mol. The first-order valence-electron chi connectivity index (χ1n) is 2.49. The van der Waals surface area contributed by atoms with Crippen molar-refractivity contribution >= 4 is 5.97 Å². The summed E-state index contributed by atoms with van der Waals surface area (Å²) in [6.45, 7) is 2.46. The molecule has 0 aliphatic rings. The molecule has 0 spiro atoms. The van der Waals surface area contributed by atoms with Gasteiger partial charge in [0.1, 0.15) is 0 Å². The average molecular weight is 157 g/mol. The maximum absolute atomic E-state index is 9.94. The van der Waals surface area contributed by atoms with E-state index in [1.54, 1.807) is 0 Å². The van der Waals surface area contributed by atoms with Gasteiger partial charge < -0.3 is 15.3 Å². The zero-order valence-corrected chi connectivity index (χ0v) is 8.33. The molecule has 54 valence electrons. The fourth-order valence-electron chi connectivity index (χ4n) is 0.302. The molecule has 10 heavy (non-hydrogen) atoms.